The Morgan fingerprint density at radius 2 is 2.03 bits per heavy atom. The molecule has 0 spiro atoms. The van der Waals surface area contributed by atoms with Crippen molar-refractivity contribution in [2.75, 3.05) is 11.6 Å². The Balaban J connectivity index is 1.67. The number of nitrogens with zero attached hydrogens (tertiary/aromatic N) is 3. The minimum Gasteiger partial charge on any atom is -0.366 e. The standard InChI is InChI=1S/C22H25N5O4S2/c1-33(31)16-11-32-19-18(16)25-12-27(22(19)30)15(9-13-5-3-2-4-6-13)21(29)26-17-8-7-14(10-24-17)20(23)28/h7-8,10-13,15H,2-6,9H2,1H3,(H2,23,28)(H,24,26,29). The summed E-state index contributed by atoms with van der Waals surface area (Å²) in [5.74, 6) is -0.395. The van der Waals surface area contributed by atoms with E-state index in [0.717, 1.165) is 25.7 Å². The van der Waals surface area contributed by atoms with E-state index in [2.05, 4.69) is 15.3 Å². The molecular weight excluding hydrogens is 462 g/mol. The number of amides is 2. The van der Waals surface area contributed by atoms with Crippen molar-refractivity contribution < 1.29 is 13.8 Å². The number of fused-ring (bicyclic) bond motifs is 1. The van der Waals surface area contributed by atoms with Crippen molar-refractivity contribution in [3.8, 4) is 0 Å². The predicted molar refractivity (Wildman–Crippen MR) is 128 cm³/mol. The number of rotatable bonds is 7. The average Bonchev–Trinajstić information content (AvgIpc) is 3.24. The third-order valence-corrected chi connectivity index (χ3v) is 8.04. The van der Waals surface area contributed by atoms with Crippen molar-refractivity contribution in [1.29, 1.82) is 0 Å². The summed E-state index contributed by atoms with van der Waals surface area (Å²) in [6.07, 6.45) is 10.2. The molecule has 1 saturated carbocycles. The quantitative estimate of drug-likeness (QED) is 0.526. The van der Waals surface area contributed by atoms with Gasteiger partial charge in [-0.3, -0.25) is 23.2 Å². The maximum Gasteiger partial charge on any atom is 0.272 e. The van der Waals surface area contributed by atoms with Crippen LogP contribution in [0.1, 0.15) is 54.9 Å². The van der Waals surface area contributed by atoms with E-state index >= 15 is 0 Å². The lowest BCUT2D eigenvalue weighted by molar-refractivity contribution is -0.120. The predicted octanol–water partition coefficient (Wildman–Crippen LogP) is 2.84. The van der Waals surface area contributed by atoms with Crippen molar-refractivity contribution in [3.05, 3.63) is 46.0 Å². The normalized spacial score (nSPS) is 16.4. The van der Waals surface area contributed by atoms with Gasteiger partial charge >= 0.3 is 0 Å². The fourth-order valence-electron chi connectivity index (χ4n) is 4.23. The van der Waals surface area contributed by atoms with Gasteiger partial charge in [0, 0.05) is 17.8 Å². The highest BCUT2D eigenvalue weighted by atomic mass is 32.2. The molecule has 3 aromatic heterocycles. The topological polar surface area (TPSA) is 137 Å². The second-order valence-corrected chi connectivity index (χ2v) is 10.5. The lowest BCUT2D eigenvalue weighted by Gasteiger charge is -2.27. The summed E-state index contributed by atoms with van der Waals surface area (Å²) in [6, 6.07) is 2.22. The molecular formula is C22H25N5O4S2. The van der Waals surface area contributed by atoms with E-state index in [1.165, 1.54) is 47.0 Å². The van der Waals surface area contributed by atoms with E-state index in [0.29, 0.717) is 27.5 Å². The van der Waals surface area contributed by atoms with Gasteiger partial charge in [0.15, 0.2) is 0 Å². The van der Waals surface area contributed by atoms with Gasteiger partial charge in [-0.05, 0) is 24.5 Å². The summed E-state index contributed by atoms with van der Waals surface area (Å²) >= 11 is 1.19. The van der Waals surface area contributed by atoms with Crippen LogP contribution in [0.2, 0.25) is 0 Å². The molecule has 11 heteroatoms. The fraction of sp³-hybridized carbons (Fsp3) is 0.409. The Morgan fingerprint density at radius 3 is 2.67 bits per heavy atom. The number of pyridine rings is 1. The molecule has 0 aromatic carbocycles. The summed E-state index contributed by atoms with van der Waals surface area (Å²) < 4.78 is 13.7. The van der Waals surface area contributed by atoms with Crippen LogP contribution in [0.5, 0.6) is 0 Å². The van der Waals surface area contributed by atoms with Gasteiger partial charge in [-0.1, -0.05) is 32.1 Å². The van der Waals surface area contributed by atoms with Gasteiger partial charge < -0.3 is 11.1 Å². The first-order chi connectivity index (χ1) is 15.8. The van der Waals surface area contributed by atoms with E-state index in [-0.39, 0.29) is 22.8 Å². The SMILES string of the molecule is CS(=O)c1csc2c(=O)n(C(CC3CCCCC3)C(=O)Nc3ccc(C(N)=O)cn3)cnc12. The van der Waals surface area contributed by atoms with Gasteiger partial charge in [-0.15, -0.1) is 11.3 Å². The Bertz CT molecular complexity index is 1260. The molecule has 33 heavy (non-hydrogen) atoms. The molecule has 2 unspecified atom stereocenters. The smallest absolute Gasteiger partial charge is 0.272 e. The van der Waals surface area contributed by atoms with Gasteiger partial charge in [-0.2, -0.15) is 0 Å². The zero-order valence-corrected chi connectivity index (χ0v) is 19.8. The van der Waals surface area contributed by atoms with Crippen molar-refractivity contribution in [2.24, 2.45) is 11.7 Å². The fourth-order valence-corrected chi connectivity index (χ4v) is 6.23. The van der Waals surface area contributed by atoms with Crippen LogP contribution in [0.25, 0.3) is 10.2 Å². The number of hydrogen-bond donors (Lipinski definition) is 2. The Kier molecular flexibility index (Phi) is 6.99. The summed E-state index contributed by atoms with van der Waals surface area (Å²) in [6.45, 7) is 0. The first-order valence-electron chi connectivity index (χ1n) is 10.7. The van der Waals surface area contributed by atoms with Crippen LogP contribution in [0.4, 0.5) is 5.82 Å². The van der Waals surface area contributed by atoms with E-state index in [4.69, 9.17) is 5.73 Å². The molecule has 3 heterocycles. The first kappa shape index (κ1) is 23.2. The number of carbonyl (C=O) groups excluding carboxylic acids is 2. The van der Waals surface area contributed by atoms with Crippen LogP contribution in [0.15, 0.2) is 39.7 Å². The van der Waals surface area contributed by atoms with Crippen LogP contribution < -0.4 is 16.6 Å². The lowest BCUT2D eigenvalue weighted by atomic mass is 9.84. The minimum atomic E-state index is -1.27. The minimum absolute atomic E-state index is 0.236. The van der Waals surface area contributed by atoms with Gasteiger partial charge in [0.1, 0.15) is 22.1 Å². The largest absolute Gasteiger partial charge is 0.366 e. The van der Waals surface area contributed by atoms with Gasteiger partial charge in [0.2, 0.25) is 11.8 Å². The number of nitrogens with two attached hydrogens (primary N) is 1. The zero-order valence-electron chi connectivity index (χ0n) is 18.2. The van der Waals surface area contributed by atoms with Crippen LogP contribution in [-0.4, -0.2) is 36.8 Å². The van der Waals surface area contributed by atoms with Crippen molar-refractivity contribution >= 4 is 50.0 Å². The van der Waals surface area contributed by atoms with Gasteiger partial charge in [0.25, 0.3) is 5.56 Å². The second kappa shape index (κ2) is 9.92. The van der Waals surface area contributed by atoms with Crippen LogP contribution in [0, 0.1) is 5.92 Å². The highest BCUT2D eigenvalue weighted by Gasteiger charge is 2.28. The number of anilines is 1. The third-order valence-electron chi connectivity index (χ3n) is 6.00. The molecule has 1 aliphatic rings. The third kappa shape index (κ3) is 5.03. The number of primary amides is 1. The maximum absolute atomic E-state index is 13.3. The maximum atomic E-state index is 13.3. The van der Waals surface area contributed by atoms with Gasteiger partial charge in [0.05, 0.1) is 27.6 Å². The van der Waals surface area contributed by atoms with Crippen molar-refractivity contribution in [3.63, 3.8) is 0 Å². The monoisotopic (exact) mass is 487 g/mol. The molecule has 0 aliphatic heterocycles. The Morgan fingerprint density at radius 1 is 1.27 bits per heavy atom. The Hall–Kier alpha value is -2.92. The van der Waals surface area contributed by atoms with Crippen LogP contribution >= 0.6 is 11.3 Å². The molecule has 1 aliphatic carbocycles. The molecule has 0 radical (unpaired) electrons. The van der Waals surface area contributed by atoms with E-state index in [1.807, 2.05) is 0 Å². The van der Waals surface area contributed by atoms with Gasteiger partial charge in [-0.25, -0.2) is 9.97 Å². The van der Waals surface area contributed by atoms with E-state index < -0.39 is 22.7 Å². The molecule has 9 nitrogen and oxygen atoms in total. The second-order valence-electron chi connectivity index (χ2n) is 8.23. The highest BCUT2D eigenvalue weighted by molar-refractivity contribution is 7.84. The average molecular weight is 488 g/mol. The van der Waals surface area contributed by atoms with E-state index in [1.54, 1.807) is 11.6 Å². The highest BCUT2D eigenvalue weighted by Crippen LogP contribution is 2.32. The number of thiophene rings is 1. The number of carbonyl (C=O) groups is 2. The number of hydrogen-bond acceptors (Lipinski definition) is 7. The Labute approximate surface area is 196 Å². The molecule has 0 bridgehead atoms. The lowest BCUT2D eigenvalue weighted by Crippen LogP contribution is -2.35. The molecule has 2 atom stereocenters. The number of nitrogens with one attached hydrogen (secondary N) is 1. The number of aromatic nitrogens is 3. The molecule has 2 amide bonds. The molecule has 0 saturated heterocycles. The molecule has 1 fully saturated rings. The van der Waals surface area contributed by atoms with Crippen LogP contribution in [0.3, 0.4) is 0 Å². The van der Waals surface area contributed by atoms with Crippen LogP contribution in [-0.2, 0) is 15.6 Å². The summed E-state index contributed by atoms with van der Waals surface area (Å²) in [4.78, 5) is 46.9. The molecule has 174 valence electrons. The summed E-state index contributed by atoms with van der Waals surface area (Å²) in [7, 11) is -1.27. The molecule has 3 aromatic rings. The van der Waals surface area contributed by atoms with Crippen molar-refractivity contribution in [2.45, 2.75) is 49.5 Å². The molecule has 4 rings (SSSR count). The summed E-state index contributed by atoms with van der Waals surface area (Å²) in [5, 5.41) is 4.44. The van der Waals surface area contributed by atoms with E-state index in [9.17, 15) is 18.6 Å². The van der Waals surface area contributed by atoms with Crippen molar-refractivity contribution in [1.82, 2.24) is 14.5 Å². The zero-order chi connectivity index (χ0) is 23.5. The first-order valence-corrected chi connectivity index (χ1v) is 13.2. The molecule has 3 N–H and O–H groups in total. The summed E-state index contributed by atoms with van der Waals surface area (Å²) in [5.41, 5.74) is 5.58.